The molecule has 1 aromatic heterocycles. The number of carbonyl (C=O) groups excluding carboxylic acids is 1. The first-order valence-corrected chi connectivity index (χ1v) is 7.80. The van der Waals surface area contributed by atoms with Gasteiger partial charge >= 0.3 is 0 Å². The smallest absolute Gasteiger partial charge is 0.253 e. The number of hydrogen-bond acceptors (Lipinski definition) is 3. The third-order valence-corrected chi connectivity index (χ3v) is 3.60. The Labute approximate surface area is 119 Å². The molecule has 1 amide bonds. The highest BCUT2D eigenvalue weighted by Crippen LogP contribution is 2.18. The average molecular weight is 309 g/mol. The molecule has 4 nitrogen and oxygen atoms in total. The number of pyridine rings is 1. The fourth-order valence-electron chi connectivity index (χ4n) is 1.30. The van der Waals surface area contributed by atoms with Crippen molar-refractivity contribution in [1.82, 2.24) is 10.3 Å². The highest BCUT2D eigenvalue weighted by atomic mass is 35.5. The van der Waals surface area contributed by atoms with E-state index in [9.17, 15) is 9.00 Å². The molecule has 0 saturated carbocycles. The lowest BCUT2D eigenvalue weighted by atomic mass is 10.2. The fourth-order valence-corrected chi connectivity index (χ4v) is 2.34. The summed E-state index contributed by atoms with van der Waals surface area (Å²) in [6.45, 7) is 1.85. The van der Waals surface area contributed by atoms with Gasteiger partial charge in [-0.05, 0) is 19.4 Å². The fraction of sp³-hybridized carbons (Fsp3) is 0.455. The third kappa shape index (κ3) is 4.92. The monoisotopic (exact) mass is 308 g/mol. The molecule has 1 N–H and O–H groups in total. The first-order valence-electron chi connectivity index (χ1n) is 5.32. The third-order valence-electron chi connectivity index (χ3n) is 2.28. The van der Waals surface area contributed by atoms with E-state index >= 15 is 0 Å². The van der Waals surface area contributed by atoms with Gasteiger partial charge in [0, 0.05) is 35.0 Å². The van der Waals surface area contributed by atoms with Crippen LogP contribution in [-0.2, 0) is 10.8 Å². The maximum atomic E-state index is 11.9. The molecule has 18 heavy (non-hydrogen) atoms. The van der Waals surface area contributed by atoms with Gasteiger partial charge in [-0.25, -0.2) is 4.98 Å². The van der Waals surface area contributed by atoms with Gasteiger partial charge in [-0.3, -0.25) is 9.00 Å². The highest BCUT2D eigenvalue weighted by Gasteiger charge is 2.14. The van der Waals surface area contributed by atoms with Crippen LogP contribution >= 0.6 is 23.2 Å². The number of halogens is 2. The molecule has 1 heterocycles. The van der Waals surface area contributed by atoms with Crippen LogP contribution in [0.15, 0.2) is 12.3 Å². The molecule has 0 spiro atoms. The van der Waals surface area contributed by atoms with Crippen molar-refractivity contribution in [3.63, 3.8) is 0 Å². The predicted molar refractivity (Wildman–Crippen MR) is 74.7 cm³/mol. The highest BCUT2D eigenvalue weighted by molar-refractivity contribution is 7.84. The summed E-state index contributed by atoms with van der Waals surface area (Å²) in [4.78, 5) is 15.7. The molecule has 0 aromatic carbocycles. The number of carbonyl (C=O) groups is 1. The number of nitrogens with one attached hydrogen (secondary N) is 1. The lowest BCUT2D eigenvalue weighted by molar-refractivity contribution is 0.0939. The summed E-state index contributed by atoms with van der Waals surface area (Å²) in [5.41, 5.74) is 0.293. The largest absolute Gasteiger partial charge is 0.350 e. The van der Waals surface area contributed by atoms with Crippen molar-refractivity contribution >= 4 is 39.9 Å². The first kappa shape index (κ1) is 15.4. The molecule has 0 aliphatic heterocycles. The van der Waals surface area contributed by atoms with Gasteiger partial charge in [0.25, 0.3) is 5.91 Å². The lowest BCUT2D eigenvalue weighted by Gasteiger charge is -2.13. The Morgan fingerprint density at radius 2 is 2.22 bits per heavy atom. The van der Waals surface area contributed by atoms with Crippen molar-refractivity contribution in [3.8, 4) is 0 Å². The van der Waals surface area contributed by atoms with E-state index in [1.54, 1.807) is 6.26 Å². The summed E-state index contributed by atoms with van der Waals surface area (Å²) in [7, 11) is -0.862. The van der Waals surface area contributed by atoms with Gasteiger partial charge in [0.15, 0.2) is 0 Å². The molecule has 0 radical (unpaired) electrons. The Morgan fingerprint density at radius 1 is 1.56 bits per heavy atom. The number of hydrogen-bond donors (Lipinski definition) is 1. The minimum atomic E-state index is -0.862. The van der Waals surface area contributed by atoms with Crippen LogP contribution in [0.1, 0.15) is 23.7 Å². The van der Waals surface area contributed by atoms with E-state index in [0.29, 0.717) is 17.7 Å². The standard InChI is InChI=1S/C11H14Cl2N2O2S/c1-7(3-4-18(2)17)15-11(16)8-5-10(13)14-6-9(8)12/h5-7H,3-4H2,1-2H3,(H,15,16). The molecule has 2 unspecified atom stereocenters. The molecule has 1 rings (SSSR count). The van der Waals surface area contributed by atoms with Crippen molar-refractivity contribution < 1.29 is 9.00 Å². The van der Waals surface area contributed by atoms with Crippen molar-refractivity contribution in [3.05, 3.63) is 28.0 Å². The van der Waals surface area contributed by atoms with Gasteiger partial charge in [-0.15, -0.1) is 0 Å². The van der Waals surface area contributed by atoms with Crippen LogP contribution < -0.4 is 5.32 Å². The van der Waals surface area contributed by atoms with Crippen molar-refractivity contribution in [2.75, 3.05) is 12.0 Å². The maximum absolute atomic E-state index is 11.9. The number of rotatable bonds is 5. The van der Waals surface area contributed by atoms with Crippen LogP contribution in [0.3, 0.4) is 0 Å². The van der Waals surface area contributed by atoms with Gasteiger partial charge in [0.1, 0.15) is 5.15 Å². The van der Waals surface area contributed by atoms with Crippen molar-refractivity contribution in [1.29, 1.82) is 0 Å². The zero-order valence-corrected chi connectivity index (χ0v) is 12.4. The predicted octanol–water partition coefficient (Wildman–Crippen LogP) is 2.28. The molecule has 7 heteroatoms. The molecule has 0 aliphatic rings. The van der Waals surface area contributed by atoms with Gasteiger partial charge in [0.05, 0.1) is 10.6 Å². The molecule has 0 bridgehead atoms. The quantitative estimate of drug-likeness (QED) is 0.849. The van der Waals surface area contributed by atoms with Gasteiger partial charge in [-0.2, -0.15) is 0 Å². The molecular formula is C11H14Cl2N2O2S. The molecule has 100 valence electrons. The number of nitrogens with zero attached hydrogens (tertiary/aromatic N) is 1. The second-order valence-electron chi connectivity index (χ2n) is 3.93. The van der Waals surface area contributed by atoms with E-state index in [2.05, 4.69) is 10.3 Å². The van der Waals surface area contributed by atoms with Crippen molar-refractivity contribution in [2.45, 2.75) is 19.4 Å². The van der Waals surface area contributed by atoms with E-state index in [-0.39, 0.29) is 22.1 Å². The first-order chi connectivity index (χ1) is 8.40. The average Bonchev–Trinajstić information content (AvgIpc) is 2.29. The van der Waals surface area contributed by atoms with Crippen molar-refractivity contribution in [2.24, 2.45) is 0 Å². The Kier molecular flexibility index (Phi) is 6.05. The van der Waals surface area contributed by atoms with E-state index in [0.717, 1.165) is 0 Å². The van der Waals surface area contributed by atoms with Gasteiger partial charge in [-0.1, -0.05) is 23.2 Å². The van der Waals surface area contributed by atoms with Gasteiger partial charge < -0.3 is 5.32 Å². The normalized spacial score (nSPS) is 14.0. The number of amides is 1. The van der Waals surface area contributed by atoms with E-state index in [1.807, 2.05) is 6.92 Å². The Balaban J connectivity index is 2.64. The summed E-state index contributed by atoms with van der Waals surface area (Å²) in [5.74, 6) is 0.241. The van der Waals surface area contributed by atoms with Crippen LogP contribution in [-0.4, -0.2) is 33.2 Å². The summed E-state index contributed by atoms with van der Waals surface area (Å²) in [5, 5.41) is 3.24. The van der Waals surface area contributed by atoms with Crippen LogP contribution in [0, 0.1) is 0 Å². The summed E-state index contributed by atoms with van der Waals surface area (Å²) in [6, 6.07) is 1.34. The van der Waals surface area contributed by atoms with E-state index < -0.39 is 10.8 Å². The second kappa shape index (κ2) is 7.07. The second-order valence-corrected chi connectivity index (χ2v) is 6.28. The lowest BCUT2D eigenvalue weighted by Crippen LogP contribution is -2.33. The Bertz CT molecular complexity index is 468. The molecule has 1 aromatic rings. The Morgan fingerprint density at radius 3 is 2.83 bits per heavy atom. The molecule has 2 atom stereocenters. The van der Waals surface area contributed by atoms with Gasteiger partial charge in [0.2, 0.25) is 0 Å². The number of aromatic nitrogens is 1. The summed E-state index contributed by atoms with van der Waals surface area (Å²) < 4.78 is 11.0. The molecule has 0 fully saturated rings. The van der Waals surface area contributed by atoms with Crippen LogP contribution in [0.4, 0.5) is 0 Å². The minimum Gasteiger partial charge on any atom is -0.350 e. The minimum absolute atomic E-state index is 0.0793. The SMILES string of the molecule is CC(CCS(C)=O)NC(=O)c1cc(Cl)ncc1Cl. The van der Waals surface area contributed by atoms with Crippen LogP contribution in [0.2, 0.25) is 10.2 Å². The van der Waals surface area contributed by atoms with E-state index in [4.69, 9.17) is 23.2 Å². The van der Waals surface area contributed by atoms with Crippen LogP contribution in [0.5, 0.6) is 0 Å². The van der Waals surface area contributed by atoms with Crippen LogP contribution in [0.25, 0.3) is 0 Å². The molecule has 0 saturated heterocycles. The summed E-state index contributed by atoms with van der Waals surface area (Å²) in [6.07, 6.45) is 3.61. The topological polar surface area (TPSA) is 59.1 Å². The molecular weight excluding hydrogens is 295 g/mol. The Hall–Kier alpha value is -0.650. The summed E-state index contributed by atoms with van der Waals surface area (Å²) >= 11 is 11.6. The zero-order chi connectivity index (χ0) is 13.7. The zero-order valence-electron chi connectivity index (χ0n) is 10.1. The molecule has 0 aliphatic carbocycles. The van der Waals surface area contributed by atoms with E-state index in [1.165, 1.54) is 12.3 Å². The maximum Gasteiger partial charge on any atom is 0.253 e.